The van der Waals surface area contributed by atoms with Crippen molar-refractivity contribution in [2.45, 2.75) is 40.2 Å². The van der Waals surface area contributed by atoms with E-state index in [1.165, 1.54) is 4.88 Å². The second-order valence-electron chi connectivity index (χ2n) is 4.80. The highest BCUT2D eigenvalue weighted by atomic mass is 79.9. The smallest absolute Gasteiger partial charge is 0.135 e. The zero-order valence-electron chi connectivity index (χ0n) is 12.7. The highest BCUT2D eigenvalue weighted by molar-refractivity contribution is 9.11. The molecule has 0 aromatic carbocycles. The number of nitrogens with one attached hydrogen (secondary N) is 2. The molecule has 2 N–H and O–H groups in total. The third-order valence-corrected chi connectivity index (χ3v) is 4.73. The average Bonchev–Trinajstić information content (AvgIpc) is 2.90. The lowest BCUT2D eigenvalue weighted by atomic mass is 10.2. The van der Waals surface area contributed by atoms with E-state index in [2.05, 4.69) is 69.4 Å². The molecular formula is C15H21BrN4S. The maximum atomic E-state index is 4.61. The molecule has 2 aromatic rings. The molecule has 0 aliphatic rings. The zero-order valence-corrected chi connectivity index (χ0v) is 15.1. The zero-order chi connectivity index (χ0) is 15.2. The molecule has 114 valence electrons. The van der Waals surface area contributed by atoms with Crippen LogP contribution in [0.1, 0.15) is 36.5 Å². The van der Waals surface area contributed by atoms with Crippen LogP contribution in [-0.2, 0) is 13.0 Å². The van der Waals surface area contributed by atoms with Crippen LogP contribution < -0.4 is 10.6 Å². The van der Waals surface area contributed by atoms with Crippen LogP contribution >= 0.6 is 27.3 Å². The number of aromatic nitrogens is 2. The minimum atomic E-state index is 0.782. The van der Waals surface area contributed by atoms with Crippen molar-refractivity contribution in [1.29, 1.82) is 0 Å². The van der Waals surface area contributed by atoms with Crippen LogP contribution in [0.15, 0.2) is 15.9 Å². The molecule has 2 aromatic heterocycles. The summed E-state index contributed by atoms with van der Waals surface area (Å²) in [5.41, 5.74) is 1.08. The first kappa shape index (κ1) is 16.2. The molecule has 0 saturated carbocycles. The van der Waals surface area contributed by atoms with Gasteiger partial charge in [-0.3, -0.25) is 0 Å². The first-order valence-corrected chi connectivity index (χ1v) is 8.84. The molecule has 0 radical (unpaired) electrons. The predicted molar refractivity (Wildman–Crippen MR) is 94.3 cm³/mol. The van der Waals surface area contributed by atoms with E-state index in [9.17, 15) is 0 Å². The van der Waals surface area contributed by atoms with Crippen LogP contribution in [0.2, 0.25) is 0 Å². The number of aryl methyl sites for hydroxylation is 1. The van der Waals surface area contributed by atoms with Crippen molar-refractivity contribution in [3.63, 3.8) is 0 Å². The number of anilines is 2. The van der Waals surface area contributed by atoms with Gasteiger partial charge in [0.25, 0.3) is 0 Å². The monoisotopic (exact) mass is 368 g/mol. The Labute approximate surface area is 138 Å². The minimum Gasteiger partial charge on any atom is -0.370 e. The van der Waals surface area contributed by atoms with E-state index in [0.29, 0.717) is 0 Å². The number of thiophene rings is 1. The van der Waals surface area contributed by atoms with Crippen LogP contribution in [0, 0.1) is 6.92 Å². The lowest BCUT2D eigenvalue weighted by molar-refractivity contribution is 0.904. The van der Waals surface area contributed by atoms with Gasteiger partial charge in [-0.25, -0.2) is 9.97 Å². The van der Waals surface area contributed by atoms with Crippen LogP contribution in [0.5, 0.6) is 0 Å². The fraction of sp³-hybridized carbons (Fsp3) is 0.467. The van der Waals surface area contributed by atoms with E-state index in [1.54, 1.807) is 11.3 Å². The normalized spacial score (nSPS) is 10.7. The summed E-state index contributed by atoms with van der Waals surface area (Å²) in [6.45, 7) is 8.00. The Bertz CT molecular complexity index is 597. The predicted octanol–water partition coefficient (Wildman–Crippen LogP) is 4.61. The van der Waals surface area contributed by atoms with Gasteiger partial charge in [0.05, 0.1) is 10.3 Å². The molecule has 0 aliphatic heterocycles. The van der Waals surface area contributed by atoms with Gasteiger partial charge in [0.1, 0.15) is 17.5 Å². The lowest BCUT2D eigenvalue weighted by Gasteiger charge is -2.14. The largest absolute Gasteiger partial charge is 0.370 e. The highest BCUT2D eigenvalue weighted by Gasteiger charge is 2.10. The Balaban J connectivity index is 2.16. The maximum Gasteiger partial charge on any atom is 0.135 e. The fourth-order valence-corrected chi connectivity index (χ4v) is 3.35. The van der Waals surface area contributed by atoms with Gasteiger partial charge in [0.15, 0.2) is 0 Å². The van der Waals surface area contributed by atoms with E-state index >= 15 is 0 Å². The number of halogens is 1. The molecule has 0 spiro atoms. The van der Waals surface area contributed by atoms with Gasteiger partial charge in [-0.05, 0) is 41.4 Å². The third-order valence-electron chi connectivity index (χ3n) is 3.11. The average molecular weight is 369 g/mol. The molecular weight excluding hydrogens is 348 g/mol. The van der Waals surface area contributed by atoms with Gasteiger partial charge in [-0.15, -0.1) is 11.3 Å². The number of rotatable bonds is 7. The number of hydrogen-bond acceptors (Lipinski definition) is 5. The van der Waals surface area contributed by atoms with Gasteiger partial charge in [-0.1, -0.05) is 13.8 Å². The Morgan fingerprint density at radius 2 is 1.86 bits per heavy atom. The minimum absolute atomic E-state index is 0.782. The Morgan fingerprint density at radius 3 is 2.43 bits per heavy atom. The summed E-state index contributed by atoms with van der Waals surface area (Å²) >= 11 is 5.23. The first-order valence-electron chi connectivity index (χ1n) is 7.23. The van der Waals surface area contributed by atoms with Crippen molar-refractivity contribution in [2.24, 2.45) is 0 Å². The Hall–Kier alpha value is -1.14. The van der Waals surface area contributed by atoms with E-state index in [4.69, 9.17) is 0 Å². The summed E-state index contributed by atoms with van der Waals surface area (Å²) in [6.07, 6.45) is 1.91. The van der Waals surface area contributed by atoms with Crippen LogP contribution in [0.4, 0.5) is 11.6 Å². The van der Waals surface area contributed by atoms with Gasteiger partial charge in [-0.2, -0.15) is 0 Å². The van der Waals surface area contributed by atoms with E-state index in [-0.39, 0.29) is 0 Å². The highest BCUT2D eigenvalue weighted by Crippen LogP contribution is 2.25. The van der Waals surface area contributed by atoms with Gasteiger partial charge in [0.2, 0.25) is 0 Å². The lowest BCUT2D eigenvalue weighted by Crippen LogP contribution is -2.11. The number of nitrogens with zero attached hydrogens (tertiary/aromatic N) is 2. The van der Waals surface area contributed by atoms with E-state index in [1.807, 2.05) is 0 Å². The van der Waals surface area contributed by atoms with Gasteiger partial charge in [0, 0.05) is 23.4 Å². The van der Waals surface area contributed by atoms with E-state index < -0.39 is 0 Å². The summed E-state index contributed by atoms with van der Waals surface area (Å²) in [4.78, 5) is 10.5. The Kier molecular flexibility index (Phi) is 5.99. The molecule has 2 rings (SSSR count). The SMILES string of the molecule is CCCNc1nc(CC)nc(NCc2ccc(Br)s2)c1C. The molecule has 4 nitrogen and oxygen atoms in total. The molecule has 0 atom stereocenters. The molecule has 21 heavy (non-hydrogen) atoms. The van der Waals surface area contributed by atoms with Crippen molar-refractivity contribution in [2.75, 3.05) is 17.2 Å². The molecule has 0 fully saturated rings. The topological polar surface area (TPSA) is 49.8 Å². The quantitative estimate of drug-likeness (QED) is 0.749. The molecule has 0 bridgehead atoms. The third kappa shape index (κ3) is 4.41. The molecule has 0 amide bonds. The van der Waals surface area contributed by atoms with Crippen LogP contribution in [0.25, 0.3) is 0 Å². The van der Waals surface area contributed by atoms with Crippen molar-refractivity contribution < 1.29 is 0 Å². The molecule has 6 heteroatoms. The first-order chi connectivity index (χ1) is 10.1. The summed E-state index contributed by atoms with van der Waals surface area (Å²) in [5.74, 6) is 2.73. The Morgan fingerprint density at radius 1 is 1.14 bits per heavy atom. The summed E-state index contributed by atoms with van der Waals surface area (Å²) < 4.78 is 1.15. The van der Waals surface area contributed by atoms with Crippen molar-refractivity contribution in [3.05, 3.63) is 32.2 Å². The van der Waals surface area contributed by atoms with Crippen molar-refractivity contribution in [3.8, 4) is 0 Å². The maximum absolute atomic E-state index is 4.61. The molecule has 2 heterocycles. The van der Waals surface area contributed by atoms with Gasteiger partial charge < -0.3 is 10.6 Å². The van der Waals surface area contributed by atoms with Gasteiger partial charge >= 0.3 is 0 Å². The summed E-state index contributed by atoms with van der Waals surface area (Å²) in [5, 5.41) is 6.82. The van der Waals surface area contributed by atoms with Crippen molar-refractivity contribution >= 4 is 38.9 Å². The molecule has 0 aliphatic carbocycles. The second-order valence-corrected chi connectivity index (χ2v) is 7.35. The summed E-state index contributed by atoms with van der Waals surface area (Å²) in [7, 11) is 0. The van der Waals surface area contributed by atoms with Crippen LogP contribution in [-0.4, -0.2) is 16.5 Å². The standard InChI is InChI=1S/C15H21BrN4S/c1-4-8-17-14-10(3)15(20-13(5-2)19-14)18-9-11-6-7-12(16)21-11/h6-7H,4-5,8-9H2,1-3H3,(H2,17,18,19,20). The second kappa shape index (κ2) is 7.75. The molecule has 0 saturated heterocycles. The van der Waals surface area contributed by atoms with E-state index in [0.717, 1.165) is 52.7 Å². The van der Waals surface area contributed by atoms with Crippen molar-refractivity contribution in [1.82, 2.24) is 9.97 Å². The fourth-order valence-electron chi connectivity index (χ4n) is 1.93. The summed E-state index contributed by atoms with van der Waals surface area (Å²) in [6, 6.07) is 4.19. The number of hydrogen-bond donors (Lipinski definition) is 2. The van der Waals surface area contributed by atoms with Crippen LogP contribution in [0.3, 0.4) is 0 Å². The molecule has 0 unspecified atom stereocenters.